The van der Waals surface area contributed by atoms with Crippen molar-refractivity contribution in [2.24, 2.45) is 0 Å². The van der Waals surface area contributed by atoms with Crippen molar-refractivity contribution in [3.63, 3.8) is 0 Å². The third-order valence-electron chi connectivity index (χ3n) is 4.58. The van der Waals surface area contributed by atoms with Crippen molar-refractivity contribution < 1.29 is 0 Å². The Labute approximate surface area is 187 Å². The van der Waals surface area contributed by atoms with Crippen LogP contribution in [0.3, 0.4) is 0 Å². The molecule has 0 radical (unpaired) electrons. The average molecular weight is 446 g/mol. The van der Waals surface area contributed by atoms with E-state index in [1.165, 1.54) is 0 Å². The second kappa shape index (κ2) is 8.40. The number of nitrogens with one attached hydrogen (secondary N) is 1. The molecule has 3 nitrogen and oxygen atoms in total. The van der Waals surface area contributed by atoms with Crippen LogP contribution >= 0.6 is 34.3 Å². The van der Waals surface area contributed by atoms with Crippen LogP contribution in [-0.2, 0) is 0 Å². The topological polar surface area (TPSA) is 37.8 Å². The molecule has 0 aliphatic carbocycles. The maximum absolute atomic E-state index is 5.98. The Morgan fingerprint density at radius 2 is 1.40 bits per heavy atom. The van der Waals surface area contributed by atoms with Gasteiger partial charge in [0.25, 0.3) is 0 Å². The lowest BCUT2D eigenvalue weighted by atomic mass is 10.1. The lowest BCUT2D eigenvalue weighted by molar-refractivity contribution is 1.37. The van der Waals surface area contributed by atoms with Gasteiger partial charge in [-0.3, -0.25) is 0 Å². The van der Waals surface area contributed by atoms with E-state index in [1.54, 1.807) is 22.7 Å². The van der Waals surface area contributed by atoms with Crippen LogP contribution in [0.15, 0.2) is 89.6 Å². The molecule has 146 valence electrons. The molecule has 5 aromatic rings. The molecule has 5 rings (SSSR count). The number of rotatable bonds is 5. The molecular weight excluding hydrogens is 430 g/mol. The summed E-state index contributed by atoms with van der Waals surface area (Å²) in [5.41, 5.74) is 6.16. The molecule has 2 heterocycles. The van der Waals surface area contributed by atoms with Crippen molar-refractivity contribution in [3.05, 3.63) is 94.6 Å². The van der Waals surface area contributed by atoms with Gasteiger partial charge in [0.1, 0.15) is 5.01 Å². The predicted molar refractivity (Wildman–Crippen MR) is 129 cm³/mol. The van der Waals surface area contributed by atoms with Gasteiger partial charge in [0, 0.05) is 38.2 Å². The number of anilines is 2. The highest BCUT2D eigenvalue weighted by atomic mass is 35.5. The van der Waals surface area contributed by atoms with Crippen LogP contribution in [0.5, 0.6) is 0 Å². The zero-order chi connectivity index (χ0) is 20.3. The number of benzene rings is 3. The van der Waals surface area contributed by atoms with Crippen LogP contribution in [-0.4, -0.2) is 9.97 Å². The molecule has 0 fully saturated rings. The van der Waals surface area contributed by atoms with E-state index in [-0.39, 0.29) is 0 Å². The highest BCUT2D eigenvalue weighted by Gasteiger charge is 2.09. The van der Waals surface area contributed by atoms with Crippen LogP contribution in [0.25, 0.3) is 33.1 Å². The smallest absolute Gasteiger partial charge is 0.187 e. The van der Waals surface area contributed by atoms with Crippen LogP contribution < -0.4 is 5.32 Å². The fourth-order valence-corrected chi connectivity index (χ4v) is 4.78. The Morgan fingerprint density at radius 3 is 2.23 bits per heavy atom. The van der Waals surface area contributed by atoms with Gasteiger partial charge in [-0.2, -0.15) is 0 Å². The summed E-state index contributed by atoms with van der Waals surface area (Å²) in [4.78, 5) is 9.52. The van der Waals surface area contributed by atoms with E-state index < -0.39 is 0 Å². The first kappa shape index (κ1) is 19.0. The van der Waals surface area contributed by atoms with E-state index in [0.717, 1.165) is 48.9 Å². The zero-order valence-electron chi connectivity index (χ0n) is 15.7. The molecule has 0 aliphatic heterocycles. The minimum absolute atomic E-state index is 0.724. The van der Waals surface area contributed by atoms with Gasteiger partial charge in [-0.05, 0) is 24.3 Å². The molecule has 1 N–H and O–H groups in total. The van der Waals surface area contributed by atoms with Gasteiger partial charge >= 0.3 is 0 Å². The molecule has 0 amide bonds. The summed E-state index contributed by atoms with van der Waals surface area (Å²) in [5, 5.41) is 10.2. The summed E-state index contributed by atoms with van der Waals surface area (Å²) in [6.07, 6.45) is 0. The van der Waals surface area contributed by atoms with Crippen LogP contribution in [0.2, 0.25) is 5.02 Å². The largest absolute Gasteiger partial charge is 0.332 e. The highest BCUT2D eigenvalue weighted by molar-refractivity contribution is 7.14. The summed E-state index contributed by atoms with van der Waals surface area (Å²) in [6.45, 7) is 0. The van der Waals surface area contributed by atoms with Gasteiger partial charge in [0.05, 0.1) is 11.4 Å². The second-order valence-electron chi connectivity index (χ2n) is 6.65. The fourth-order valence-electron chi connectivity index (χ4n) is 3.08. The van der Waals surface area contributed by atoms with Gasteiger partial charge in [-0.1, -0.05) is 66.2 Å². The molecule has 0 bridgehead atoms. The first-order chi connectivity index (χ1) is 14.7. The van der Waals surface area contributed by atoms with Crippen LogP contribution in [0.4, 0.5) is 10.8 Å². The normalized spacial score (nSPS) is 10.8. The Bertz CT molecular complexity index is 1280. The van der Waals surface area contributed by atoms with Crippen LogP contribution in [0, 0.1) is 0 Å². The predicted octanol–water partition coefficient (Wildman–Crippen LogP) is 8.00. The lowest BCUT2D eigenvalue weighted by Gasteiger charge is -2.05. The summed E-state index contributed by atoms with van der Waals surface area (Å²) in [5.74, 6) is 0. The van der Waals surface area contributed by atoms with Gasteiger partial charge in [0.2, 0.25) is 0 Å². The molecule has 2 aromatic heterocycles. The van der Waals surface area contributed by atoms with Crippen molar-refractivity contribution in [1.82, 2.24) is 9.97 Å². The van der Waals surface area contributed by atoms with E-state index in [4.69, 9.17) is 21.6 Å². The number of hydrogen-bond acceptors (Lipinski definition) is 5. The van der Waals surface area contributed by atoms with Crippen molar-refractivity contribution in [3.8, 4) is 33.1 Å². The van der Waals surface area contributed by atoms with E-state index in [1.807, 2.05) is 60.0 Å². The maximum atomic E-state index is 5.98. The van der Waals surface area contributed by atoms with Gasteiger partial charge < -0.3 is 5.32 Å². The van der Waals surface area contributed by atoms with Crippen molar-refractivity contribution in [2.75, 3.05) is 5.32 Å². The highest BCUT2D eigenvalue weighted by Crippen LogP contribution is 2.32. The summed E-state index contributed by atoms with van der Waals surface area (Å²) in [6, 6.07) is 26.2. The Morgan fingerprint density at radius 1 is 0.667 bits per heavy atom. The second-order valence-corrected chi connectivity index (χ2v) is 8.81. The molecule has 30 heavy (non-hydrogen) atoms. The van der Waals surface area contributed by atoms with E-state index in [9.17, 15) is 0 Å². The Hall–Kier alpha value is -2.99. The minimum Gasteiger partial charge on any atom is -0.332 e. The minimum atomic E-state index is 0.724. The lowest BCUT2D eigenvalue weighted by Crippen LogP contribution is -1.90. The molecule has 3 aromatic carbocycles. The summed E-state index contributed by atoms with van der Waals surface area (Å²) < 4.78 is 0. The zero-order valence-corrected chi connectivity index (χ0v) is 18.1. The monoisotopic (exact) mass is 445 g/mol. The molecule has 0 saturated carbocycles. The summed E-state index contributed by atoms with van der Waals surface area (Å²) >= 11 is 9.21. The van der Waals surface area contributed by atoms with Crippen molar-refractivity contribution in [1.29, 1.82) is 0 Å². The molecular formula is C24H16ClN3S2. The number of nitrogens with zero attached hydrogens (tertiary/aromatic N) is 2. The molecule has 6 heteroatoms. The molecule has 0 saturated heterocycles. The first-order valence-electron chi connectivity index (χ1n) is 9.34. The third kappa shape index (κ3) is 4.14. The van der Waals surface area contributed by atoms with E-state index >= 15 is 0 Å². The number of halogens is 1. The van der Waals surface area contributed by atoms with Crippen LogP contribution in [0.1, 0.15) is 0 Å². The number of thiazole rings is 2. The quantitative estimate of drug-likeness (QED) is 0.297. The van der Waals surface area contributed by atoms with Gasteiger partial charge in [0.15, 0.2) is 5.13 Å². The molecule has 0 spiro atoms. The fraction of sp³-hybridized carbons (Fsp3) is 0. The van der Waals surface area contributed by atoms with Crippen molar-refractivity contribution in [2.45, 2.75) is 0 Å². The SMILES string of the molecule is Clc1ccc(-c2csc(Nc3cccc(-c4csc(-c5ccccc5)n4)c3)n2)cc1. The Balaban J connectivity index is 1.36. The van der Waals surface area contributed by atoms with E-state index in [0.29, 0.717) is 0 Å². The average Bonchev–Trinajstić information content (AvgIpc) is 3.45. The Kier molecular flexibility index (Phi) is 5.32. The standard InChI is InChI=1S/C24H16ClN3S2/c25-19-11-9-16(10-12-19)21-15-30-24(28-21)26-20-8-4-7-18(13-20)22-14-29-23(27-22)17-5-2-1-3-6-17/h1-15H,(H,26,28). The van der Waals surface area contributed by atoms with Gasteiger partial charge in [-0.25, -0.2) is 9.97 Å². The molecule has 0 aliphatic rings. The summed E-state index contributed by atoms with van der Waals surface area (Å²) in [7, 11) is 0. The van der Waals surface area contributed by atoms with E-state index in [2.05, 4.69) is 35.0 Å². The third-order valence-corrected chi connectivity index (χ3v) is 6.48. The number of hydrogen-bond donors (Lipinski definition) is 1. The number of aromatic nitrogens is 2. The maximum Gasteiger partial charge on any atom is 0.187 e. The first-order valence-corrected chi connectivity index (χ1v) is 11.5. The van der Waals surface area contributed by atoms with Gasteiger partial charge in [-0.15, -0.1) is 22.7 Å². The molecule has 0 unspecified atom stereocenters. The van der Waals surface area contributed by atoms with Crippen molar-refractivity contribution >= 4 is 45.1 Å². The molecule has 0 atom stereocenters.